The molecule has 34 heavy (non-hydrogen) atoms. The van der Waals surface area contributed by atoms with E-state index < -0.39 is 35.8 Å². The highest BCUT2D eigenvalue weighted by Crippen LogP contribution is 2.30. The molecule has 1 amide bonds. The Hall–Kier alpha value is -3.55. The van der Waals surface area contributed by atoms with Gasteiger partial charge in [0.25, 0.3) is 5.91 Å². The maximum atomic E-state index is 13.6. The SMILES string of the molecule is COc1cc(-c2nnc(SCC(=O)N/N=C(/CC(C)=O)C(F)(F)F)n2C)nc2ccc(F)cc12. The van der Waals surface area contributed by atoms with Crippen LogP contribution < -0.4 is 10.2 Å². The number of hydrogen-bond acceptors (Lipinski definition) is 8. The summed E-state index contributed by atoms with van der Waals surface area (Å²) in [5, 5.41) is 11.8. The number of thioether (sulfide) groups is 1. The third kappa shape index (κ3) is 5.87. The predicted molar refractivity (Wildman–Crippen MR) is 116 cm³/mol. The maximum absolute atomic E-state index is 13.6. The topological polar surface area (TPSA) is 111 Å². The van der Waals surface area contributed by atoms with Crippen molar-refractivity contribution in [2.45, 2.75) is 24.7 Å². The number of fused-ring (bicyclic) bond motifs is 1. The zero-order chi connectivity index (χ0) is 25.0. The quantitative estimate of drug-likeness (QED) is 0.220. The van der Waals surface area contributed by atoms with Crippen molar-refractivity contribution in [1.82, 2.24) is 25.2 Å². The zero-order valence-electron chi connectivity index (χ0n) is 18.1. The average Bonchev–Trinajstić information content (AvgIpc) is 3.13. The van der Waals surface area contributed by atoms with E-state index in [1.54, 1.807) is 18.5 Å². The smallest absolute Gasteiger partial charge is 0.431 e. The molecule has 0 unspecified atom stereocenters. The standard InChI is InChI=1S/C20H18F4N6O3S/c1-10(31)6-16(20(22,23)24)26-27-17(32)9-34-19-29-28-18(30(19)2)14-8-15(33-3)12-7-11(21)4-5-13(12)25-14/h4-5,7-8H,6,9H2,1-3H3,(H,27,32)/b26-16-. The number of nitrogens with zero attached hydrogens (tertiary/aromatic N) is 5. The minimum absolute atomic E-state index is 0.286. The Morgan fingerprint density at radius 1 is 1.24 bits per heavy atom. The molecular formula is C20H18F4N6O3S. The van der Waals surface area contributed by atoms with Crippen molar-refractivity contribution in [2.24, 2.45) is 12.1 Å². The molecule has 3 aromatic rings. The van der Waals surface area contributed by atoms with Crippen molar-refractivity contribution in [3.63, 3.8) is 0 Å². The molecule has 1 aromatic carbocycles. The Balaban J connectivity index is 1.75. The van der Waals surface area contributed by atoms with Crippen LogP contribution in [0.3, 0.4) is 0 Å². The first-order valence-electron chi connectivity index (χ1n) is 9.58. The molecule has 180 valence electrons. The van der Waals surface area contributed by atoms with E-state index in [-0.39, 0.29) is 10.9 Å². The van der Waals surface area contributed by atoms with E-state index in [0.717, 1.165) is 18.7 Å². The van der Waals surface area contributed by atoms with Crippen LogP contribution in [0.2, 0.25) is 0 Å². The lowest BCUT2D eigenvalue weighted by Crippen LogP contribution is -2.30. The number of aromatic nitrogens is 4. The second-order valence-corrected chi connectivity index (χ2v) is 7.94. The first-order valence-corrected chi connectivity index (χ1v) is 10.6. The molecule has 0 aliphatic heterocycles. The van der Waals surface area contributed by atoms with Crippen LogP contribution in [0.15, 0.2) is 34.5 Å². The summed E-state index contributed by atoms with van der Waals surface area (Å²) in [5.74, 6) is -1.62. The van der Waals surface area contributed by atoms with Crippen molar-refractivity contribution < 1.29 is 31.9 Å². The Morgan fingerprint density at radius 2 is 1.97 bits per heavy atom. The Bertz CT molecular complexity index is 1280. The number of nitrogens with one attached hydrogen (secondary N) is 1. The van der Waals surface area contributed by atoms with Crippen molar-refractivity contribution in [2.75, 3.05) is 12.9 Å². The summed E-state index contributed by atoms with van der Waals surface area (Å²) >= 11 is 0.910. The lowest BCUT2D eigenvalue weighted by molar-refractivity contribution is -0.119. The first kappa shape index (κ1) is 25.1. The molecule has 0 bridgehead atoms. The molecule has 0 aliphatic rings. The third-order valence-electron chi connectivity index (χ3n) is 4.41. The number of ether oxygens (including phenoxy) is 1. The van der Waals surface area contributed by atoms with Gasteiger partial charge in [-0.3, -0.25) is 9.59 Å². The maximum Gasteiger partial charge on any atom is 0.431 e. The van der Waals surface area contributed by atoms with Gasteiger partial charge in [0.1, 0.15) is 28.8 Å². The van der Waals surface area contributed by atoms with Gasteiger partial charge in [0.05, 0.1) is 24.8 Å². The van der Waals surface area contributed by atoms with Gasteiger partial charge in [-0.05, 0) is 25.1 Å². The fourth-order valence-corrected chi connectivity index (χ4v) is 3.55. The van der Waals surface area contributed by atoms with Gasteiger partial charge in [-0.2, -0.15) is 18.3 Å². The van der Waals surface area contributed by atoms with Gasteiger partial charge < -0.3 is 9.30 Å². The van der Waals surface area contributed by atoms with Crippen LogP contribution in [0.4, 0.5) is 17.6 Å². The number of hydrazone groups is 1. The molecular weight excluding hydrogens is 480 g/mol. The molecule has 2 heterocycles. The van der Waals surface area contributed by atoms with Crippen molar-refractivity contribution in [1.29, 1.82) is 0 Å². The molecule has 0 radical (unpaired) electrons. The molecule has 14 heteroatoms. The van der Waals surface area contributed by atoms with Crippen molar-refractivity contribution >= 4 is 40.1 Å². The van der Waals surface area contributed by atoms with Crippen LogP contribution in [0.5, 0.6) is 5.75 Å². The van der Waals surface area contributed by atoms with E-state index in [1.807, 2.05) is 0 Å². The van der Waals surface area contributed by atoms with Gasteiger partial charge in [-0.15, -0.1) is 10.2 Å². The summed E-state index contributed by atoms with van der Waals surface area (Å²) in [6.45, 7) is 0.989. The number of amides is 1. The molecule has 2 aromatic heterocycles. The Morgan fingerprint density at radius 3 is 2.62 bits per heavy atom. The van der Waals surface area contributed by atoms with Crippen LogP contribution in [0.25, 0.3) is 22.4 Å². The number of benzene rings is 1. The highest BCUT2D eigenvalue weighted by molar-refractivity contribution is 7.99. The summed E-state index contributed by atoms with van der Waals surface area (Å²) in [4.78, 5) is 27.4. The van der Waals surface area contributed by atoms with Crippen molar-refractivity contribution in [3.05, 3.63) is 30.1 Å². The highest BCUT2D eigenvalue weighted by atomic mass is 32.2. The van der Waals surface area contributed by atoms with Crippen LogP contribution in [0, 0.1) is 5.82 Å². The fourth-order valence-electron chi connectivity index (χ4n) is 2.85. The monoisotopic (exact) mass is 498 g/mol. The summed E-state index contributed by atoms with van der Waals surface area (Å²) in [5.41, 5.74) is 1.26. The number of carbonyl (C=O) groups is 2. The fraction of sp³-hybridized carbons (Fsp3) is 0.300. The van der Waals surface area contributed by atoms with E-state index in [4.69, 9.17) is 4.74 Å². The number of halogens is 4. The van der Waals surface area contributed by atoms with Gasteiger partial charge in [-0.1, -0.05) is 11.8 Å². The number of carbonyl (C=O) groups excluding carboxylic acids is 2. The number of ketones is 1. The predicted octanol–water partition coefficient (Wildman–Crippen LogP) is 3.28. The second kappa shape index (κ2) is 10.2. The van der Waals surface area contributed by atoms with E-state index in [1.165, 1.54) is 29.9 Å². The van der Waals surface area contributed by atoms with Gasteiger partial charge in [0, 0.05) is 18.5 Å². The second-order valence-electron chi connectivity index (χ2n) is 7.00. The molecule has 1 N–H and O–H groups in total. The minimum atomic E-state index is -4.84. The number of alkyl halides is 3. The molecule has 0 spiro atoms. The summed E-state index contributed by atoms with van der Waals surface area (Å²) in [6.07, 6.45) is -5.79. The summed E-state index contributed by atoms with van der Waals surface area (Å²) in [6, 6.07) is 5.62. The van der Waals surface area contributed by atoms with Crippen LogP contribution in [-0.2, 0) is 16.6 Å². The Labute approximate surface area is 194 Å². The van der Waals surface area contributed by atoms with Gasteiger partial charge >= 0.3 is 6.18 Å². The van der Waals surface area contributed by atoms with Crippen LogP contribution in [-0.4, -0.2) is 56.2 Å². The van der Waals surface area contributed by atoms with Gasteiger partial charge in [0.15, 0.2) is 11.0 Å². The van der Waals surface area contributed by atoms with E-state index in [0.29, 0.717) is 28.2 Å². The lowest BCUT2D eigenvalue weighted by atomic mass is 10.1. The third-order valence-corrected chi connectivity index (χ3v) is 5.43. The molecule has 0 aliphatic carbocycles. The summed E-state index contributed by atoms with van der Waals surface area (Å²) < 4.78 is 59.1. The van der Waals surface area contributed by atoms with Gasteiger partial charge in [-0.25, -0.2) is 14.8 Å². The number of pyridine rings is 1. The lowest BCUT2D eigenvalue weighted by Gasteiger charge is -2.09. The van der Waals surface area contributed by atoms with Crippen LogP contribution >= 0.6 is 11.8 Å². The van der Waals surface area contributed by atoms with Crippen LogP contribution in [0.1, 0.15) is 13.3 Å². The molecule has 9 nitrogen and oxygen atoms in total. The van der Waals surface area contributed by atoms with E-state index in [9.17, 15) is 27.2 Å². The average molecular weight is 498 g/mol. The Kier molecular flexibility index (Phi) is 7.49. The largest absolute Gasteiger partial charge is 0.496 e. The first-order chi connectivity index (χ1) is 16.0. The molecule has 3 rings (SSSR count). The molecule has 0 saturated carbocycles. The number of hydrogen-bond donors (Lipinski definition) is 1. The normalized spacial score (nSPS) is 12.1. The molecule has 0 fully saturated rings. The van der Waals surface area contributed by atoms with E-state index in [2.05, 4.69) is 20.3 Å². The number of rotatable bonds is 8. The summed E-state index contributed by atoms with van der Waals surface area (Å²) in [7, 11) is 3.05. The highest BCUT2D eigenvalue weighted by Gasteiger charge is 2.36. The van der Waals surface area contributed by atoms with Crippen molar-refractivity contribution in [3.8, 4) is 17.3 Å². The molecule has 0 atom stereocenters. The minimum Gasteiger partial charge on any atom is -0.496 e. The zero-order valence-corrected chi connectivity index (χ0v) is 18.9. The molecule has 0 saturated heterocycles. The van der Waals surface area contributed by atoms with Gasteiger partial charge in [0.2, 0.25) is 0 Å². The number of Topliss-reactive ketones (excluding diaryl/α,β-unsaturated/α-hetero) is 1. The van der Waals surface area contributed by atoms with E-state index >= 15 is 0 Å². The number of methoxy groups -OCH3 is 1.